The summed E-state index contributed by atoms with van der Waals surface area (Å²) in [6.07, 6.45) is 2.02. The van der Waals surface area contributed by atoms with Gasteiger partial charge in [0.1, 0.15) is 5.82 Å². The number of aryl methyl sites for hydroxylation is 1. The van der Waals surface area contributed by atoms with E-state index in [0.717, 1.165) is 30.4 Å². The molecule has 0 fully saturated rings. The molecule has 0 spiro atoms. The number of hydrogen-bond acceptors (Lipinski definition) is 7. The predicted octanol–water partition coefficient (Wildman–Crippen LogP) is 5.02. The summed E-state index contributed by atoms with van der Waals surface area (Å²) in [5.74, 6) is 2.85. The molecule has 2 aromatic heterocycles. The maximum absolute atomic E-state index is 12.5. The fraction of sp³-hybridized carbons (Fsp3) is 0.240. The van der Waals surface area contributed by atoms with Crippen molar-refractivity contribution in [1.29, 1.82) is 0 Å². The van der Waals surface area contributed by atoms with E-state index >= 15 is 0 Å². The molecule has 1 aliphatic heterocycles. The summed E-state index contributed by atoms with van der Waals surface area (Å²) in [7, 11) is 0. The molecule has 0 saturated heterocycles. The third-order valence-corrected chi connectivity index (χ3v) is 7.23. The third kappa shape index (κ3) is 5.60. The minimum Gasteiger partial charge on any atom is -0.454 e. The Labute approximate surface area is 206 Å². The average Bonchev–Trinajstić information content (AvgIpc) is 3.61. The molecule has 3 heterocycles. The summed E-state index contributed by atoms with van der Waals surface area (Å²) in [5, 5.41) is 14.8. The number of thiophene rings is 1. The SMILES string of the molecule is O=C(CCSc1nnc(Cc2cccs2)n1CCc1ccccc1)Nc1ccc2c(c1)OCO2. The fourth-order valence-corrected chi connectivity index (χ4v) is 5.29. The zero-order valence-electron chi connectivity index (χ0n) is 18.5. The number of aromatic nitrogens is 3. The number of carbonyl (C=O) groups excluding carboxylic acids is 1. The van der Waals surface area contributed by atoms with Gasteiger partial charge in [0.25, 0.3) is 0 Å². The Bertz CT molecular complexity index is 1240. The summed E-state index contributed by atoms with van der Waals surface area (Å²) in [4.78, 5) is 13.7. The van der Waals surface area contributed by atoms with Crippen LogP contribution in [0.2, 0.25) is 0 Å². The zero-order chi connectivity index (χ0) is 23.2. The number of benzene rings is 2. The van der Waals surface area contributed by atoms with Crippen LogP contribution in [0.15, 0.2) is 71.2 Å². The summed E-state index contributed by atoms with van der Waals surface area (Å²) in [6, 6.07) is 20.0. The van der Waals surface area contributed by atoms with Crippen molar-refractivity contribution in [3.63, 3.8) is 0 Å². The molecule has 0 unspecified atom stereocenters. The number of amides is 1. The van der Waals surface area contributed by atoms with Gasteiger partial charge in [-0.05, 0) is 35.6 Å². The Morgan fingerprint density at radius 3 is 2.79 bits per heavy atom. The van der Waals surface area contributed by atoms with Crippen molar-refractivity contribution in [2.45, 2.75) is 31.0 Å². The Morgan fingerprint density at radius 2 is 1.94 bits per heavy atom. The molecule has 4 aromatic rings. The summed E-state index contributed by atoms with van der Waals surface area (Å²) in [6.45, 7) is 1.01. The van der Waals surface area contributed by atoms with Crippen molar-refractivity contribution in [2.24, 2.45) is 0 Å². The van der Waals surface area contributed by atoms with Crippen molar-refractivity contribution in [3.8, 4) is 11.5 Å². The largest absolute Gasteiger partial charge is 0.454 e. The van der Waals surface area contributed by atoms with Crippen LogP contribution in [0.5, 0.6) is 11.5 Å². The molecule has 34 heavy (non-hydrogen) atoms. The molecule has 1 aliphatic rings. The normalized spacial score (nSPS) is 12.1. The van der Waals surface area contributed by atoms with E-state index in [2.05, 4.69) is 61.9 Å². The molecule has 9 heteroatoms. The molecule has 5 rings (SSSR count). The van der Waals surface area contributed by atoms with Gasteiger partial charge in [-0.3, -0.25) is 4.79 Å². The second-order valence-electron chi connectivity index (χ2n) is 7.76. The van der Waals surface area contributed by atoms with Gasteiger partial charge in [0.05, 0.1) is 0 Å². The van der Waals surface area contributed by atoms with E-state index in [0.29, 0.717) is 29.4 Å². The first-order valence-corrected chi connectivity index (χ1v) is 12.9. The minimum atomic E-state index is -0.0551. The molecule has 0 saturated carbocycles. The van der Waals surface area contributed by atoms with Gasteiger partial charge >= 0.3 is 0 Å². The molecular formula is C25H24N4O3S2. The minimum absolute atomic E-state index is 0.0551. The highest BCUT2D eigenvalue weighted by Crippen LogP contribution is 2.34. The second kappa shape index (κ2) is 10.8. The summed E-state index contributed by atoms with van der Waals surface area (Å²) in [5.41, 5.74) is 1.97. The lowest BCUT2D eigenvalue weighted by molar-refractivity contribution is -0.115. The lowest BCUT2D eigenvalue weighted by Gasteiger charge is -2.10. The van der Waals surface area contributed by atoms with Crippen LogP contribution in [-0.2, 0) is 24.2 Å². The number of ether oxygens (including phenoxy) is 2. The molecule has 0 bridgehead atoms. The molecule has 0 radical (unpaired) electrons. The Morgan fingerprint density at radius 1 is 1.06 bits per heavy atom. The van der Waals surface area contributed by atoms with Crippen molar-refractivity contribution >= 4 is 34.7 Å². The number of rotatable bonds is 10. The van der Waals surface area contributed by atoms with Gasteiger partial charge < -0.3 is 19.4 Å². The van der Waals surface area contributed by atoms with Gasteiger partial charge in [0, 0.05) is 41.8 Å². The van der Waals surface area contributed by atoms with Crippen molar-refractivity contribution < 1.29 is 14.3 Å². The van der Waals surface area contributed by atoms with Crippen LogP contribution in [0.1, 0.15) is 22.7 Å². The van der Waals surface area contributed by atoms with E-state index in [1.807, 2.05) is 12.1 Å². The van der Waals surface area contributed by atoms with Crippen LogP contribution in [-0.4, -0.2) is 33.2 Å². The van der Waals surface area contributed by atoms with E-state index < -0.39 is 0 Å². The molecule has 0 atom stereocenters. The predicted molar refractivity (Wildman–Crippen MR) is 134 cm³/mol. The highest BCUT2D eigenvalue weighted by Gasteiger charge is 2.16. The summed E-state index contributed by atoms with van der Waals surface area (Å²) < 4.78 is 12.9. The molecule has 174 valence electrons. The van der Waals surface area contributed by atoms with Crippen LogP contribution in [0, 0.1) is 0 Å². The van der Waals surface area contributed by atoms with E-state index in [1.54, 1.807) is 35.2 Å². The number of thioether (sulfide) groups is 1. The van der Waals surface area contributed by atoms with Crippen LogP contribution in [0.3, 0.4) is 0 Å². The van der Waals surface area contributed by atoms with Gasteiger partial charge in [0.15, 0.2) is 16.7 Å². The molecular weight excluding hydrogens is 468 g/mol. The van der Waals surface area contributed by atoms with Gasteiger partial charge in [-0.2, -0.15) is 0 Å². The molecule has 0 aliphatic carbocycles. The Kier molecular flexibility index (Phi) is 7.11. The quantitative estimate of drug-likeness (QED) is 0.313. The maximum atomic E-state index is 12.5. The summed E-state index contributed by atoms with van der Waals surface area (Å²) >= 11 is 3.28. The Hall–Kier alpha value is -3.30. The van der Waals surface area contributed by atoms with Crippen molar-refractivity contribution in [3.05, 3.63) is 82.3 Å². The number of carbonyl (C=O) groups is 1. The highest BCUT2D eigenvalue weighted by molar-refractivity contribution is 7.99. The number of nitrogens with zero attached hydrogens (tertiary/aromatic N) is 3. The number of nitrogens with one attached hydrogen (secondary N) is 1. The van der Waals surface area contributed by atoms with Gasteiger partial charge in [-0.1, -0.05) is 48.2 Å². The van der Waals surface area contributed by atoms with Crippen LogP contribution in [0.25, 0.3) is 0 Å². The first kappa shape index (κ1) is 22.5. The monoisotopic (exact) mass is 492 g/mol. The van der Waals surface area contributed by atoms with E-state index in [9.17, 15) is 4.79 Å². The first-order chi connectivity index (χ1) is 16.7. The van der Waals surface area contributed by atoms with E-state index in [4.69, 9.17) is 9.47 Å². The van der Waals surface area contributed by atoms with Gasteiger partial charge in [-0.15, -0.1) is 21.5 Å². The average molecular weight is 493 g/mol. The van der Waals surface area contributed by atoms with Gasteiger partial charge in [0.2, 0.25) is 12.7 Å². The number of hydrogen-bond donors (Lipinski definition) is 1. The van der Waals surface area contributed by atoms with E-state index in [-0.39, 0.29) is 12.7 Å². The topological polar surface area (TPSA) is 78.3 Å². The van der Waals surface area contributed by atoms with Crippen molar-refractivity contribution in [2.75, 3.05) is 17.9 Å². The lowest BCUT2D eigenvalue weighted by Crippen LogP contribution is -2.13. The second-order valence-corrected chi connectivity index (χ2v) is 9.85. The molecule has 1 amide bonds. The molecule has 2 aromatic carbocycles. The maximum Gasteiger partial charge on any atom is 0.231 e. The lowest BCUT2D eigenvalue weighted by atomic mass is 10.1. The fourth-order valence-electron chi connectivity index (χ4n) is 3.67. The third-order valence-electron chi connectivity index (χ3n) is 5.39. The Balaban J connectivity index is 1.20. The van der Waals surface area contributed by atoms with Crippen LogP contribution < -0.4 is 14.8 Å². The first-order valence-electron chi connectivity index (χ1n) is 11.1. The highest BCUT2D eigenvalue weighted by atomic mass is 32.2. The van der Waals surface area contributed by atoms with Crippen LogP contribution in [0.4, 0.5) is 5.69 Å². The van der Waals surface area contributed by atoms with Gasteiger partial charge in [-0.25, -0.2) is 0 Å². The van der Waals surface area contributed by atoms with E-state index in [1.165, 1.54) is 10.4 Å². The zero-order valence-corrected chi connectivity index (χ0v) is 20.1. The van der Waals surface area contributed by atoms with Crippen molar-refractivity contribution in [1.82, 2.24) is 14.8 Å². The molecule has 7 nitrogen and oxygen atoms in total. The number of fused-ring (bicyclic) bond motifs is 1. The standard InChI is InChI=1S/C25H24N4O3S2/c30-24(26-19-8-9-21-22(15-19)32-17-31-21)11-14-34-25-28-27-23(16-20-7-4-13-33-20)29(25)12-10-18-5-2-1-3-6-18/h1-9,13,15H,10-12,14,16-17H2,(H,26,30). The van der Waals surface area contributed by atoms with Crippen LogP contribution >= 0.6 is 23.1 Å². The number of anilines is 1. The molecule has 1 N–H and O–H groups in total. The smallest absolute Gasteiger partial charge is 0.231 e.